The van der Waals surface area contributed by atoms with Crippen LogP contribution in [0.1, 0.15) is 22.8 Å². The van der Waals surface area contributed by atoms with Crippen molar-refractivity contribution in [3.63, 3.8) is 0 Å². The Bertz CT molecular complexity index is 978. The van der Waals surface area contributed by atoms with Crippen LogP contribution in [0.25, 0.3) is 11.0 Å². The maximum Gasteiger partial charge on any atom is 0.169 e. The number of likely N-dealkylation sites (N-methyl/N-ethyl adjacent to an activating group) is 1. The summed E-state index contributed by atoms with van der Waals surface area (Å²) in [6.45, 7) is 5.21. The Morgan fingerprint density at radius 2 is 1.93 bits per heavy atom. The molecule has 140 valence electrons. The second-order valence-corrected chi connectivity index (χ2v) is 7.54. The summed E-state index contributed by atoms with van der Waals surface area (Å²) in [4.78, 5) is 4.68. The standard InChI is InChI=1S/C22H23FN2O2/c1-24-13-16-11-17(25-7-9-26-10-8-25)5-6-18(16)19(14-24)21-12-15-3-2-4-20(23)22(15)27-21/h2-6,11-12,19H,7-10,13-14H2,1H3. The number of para-hydroxylation sites is 1. The number of ether oxygens (including phenoxy) is 1. The lowest BCUT2D eigenvalue weighted by molar-refractivity contribution is 0.122. The number of morpholine rings is 1. The van der Waals surface area contributed by atoms with Crippen LogP contribution in [0, 0.1) is 5.82 Å². The summed E-state index contributed by atoms with van der Waals surface area (Å²) in [6.07, 6.45) is 0. The van der Waals surface area contributed by atoms with Crippen molar-refractivity contribution >= 4 is 16.7 Å². The average Bonchev–Trinajstić information content (AvgIpc) is 3.13. The van der Waals surface area contributed by atoms with E-state index in [1.807, 2.05) is 12.1 Å². The number of rotatable bonds is 2. The van der Waals surface area contributed by atoms with Crippen LogP contribution in [0.3, 0.4) is 0 Å². The van der Waals surface area contributed by atoms with Crippen molar-refractivity contribution in [2.24, 2.45) is 0 Å². The number of halogens is 1. The van der Waals surface area contributed by atoms with Gasteiger partial charge in [-0.15, -0.1) is 0 Å². The minimum Gasteiger partial charge on any atom is -0.457 e. The Labute approximate surface area is 158 Å². The molecule has 1 aromatic heterocycles. The first-order valence-electron chi connectivity index (χ1n) is 9.51. The van der Waals surface area contributed by atoms with Gasteiger partial charge in [-0.2, -0.15) is 0 Å². The summed E-state index contributed by atoms with van der Waals surface area (Å²) in [5, 5.41) is 0.824. The van der Waals surface area contributed by atoms with Gasteiger partial charge < -0.3 is 19.0 Å². The molecule has 0 bridgehead atoms. The maximum atomic E-state index is 14.1. The number of furan rings is 1. The van der Waals surface area contributed by atoms with Crippen LogP contribution in [-0.2, 0) is 11.3 Å². The van der Waals surface area contributed by atoms with Gasteiger partial charge in [0, 0.05) is 37.3 Å². The summed E-state index contributed by atoms with van der Waals surface area (Å²) in [5.74, 6) is 0.650. The minimum absolute atomic E-state index is 0.115. The van der Waals surface area contributed by atoms with Crippen LogP contribution in [0.4, 0.5) is 10.1 Å². The predicted molar refractivity (Wildman–Crippen MR) is 104 cm³/mol. The topological polar surface area (TPSA) is 28.9 Å². The van der Waals surface area contributed by atoms with Crippen LogP contribution < -0.4 is 4.90 Å². The fourth-order valence-corrected chi connectivity index (χ4v) is 4.32. The molecule has 1 saturated heterocycles. The van der Waals surface area contributed by atoms with Crippen molar-refractivity contribution in [2.45, 2.75) is 12.5 Å². The van der Waals surface area contributed by atoms with E-state index >= 15 is 0 Å². The van der Waals surface area contributed by atoms with Crippen LogP contribution in [-0.4, -0.2) is 44.8 Å². The molecule has 0 spiro atoms. The van der Waals surface area contributed by atoms with Gasteiger partial charge in [0.15, 0.2) is 11.4 Å². The minimum atomic E-state index is -0.300. The summed E-state index contributed by atoms with van der Waals surface area (Å²) in [6, 6.07) is 13.8. The predicted octanol–water partition coefficient (Wildman–Crippen LogP) is 3.99. The summed E-state index contributed by atoms with van der Waals surface area (Å²) >= 11 is 0. The second kappa shape index (κ2) is 6.66. The molecule has 0 aliphatic carbocycles. The van der Waals surface area contributed by atoms with Crippen LogP contribution >= 0.6 is 0 Å². The van der Waals surface area contributed by atoms with E-state index in [9.17, 15) is 4.39 Å². The molecule has 2 aliphatic rings. The van der Waals surface area contributed by atoms with E-state index in [1.165, 1.54) is 22.9 Å². The van der Waals surface area contributed by atoms with Crippen LogP contribution in [0.2, 0.25) is 0 Å². The number of nitrogens with zero attached hydrogens (tertiary/aromatic N) is 2. The van der Waals surface area contributed by atoms with E-state index < -0.39 is 0 Å². The molecule has 0 saturated carbocycles. The van der Waals surface area contributed by atoms with Crippen molar-refractivity contribution in [1.29, 1.82) is 0 Å². The SMILES string of the molecule is CN1Cc2cc(N3CCOCC3)ccc2C(c2cc3cccc(F)c3o2)C1. The molecule has 0 amide bonds. The molecular formula is C22H23FN2O2. The Kier molecular flexibility index (Phi) is 4.14. The molecule has 1 atom stereocenters. The number of hydrogen-bond donors (Lipinski definition) is 0. The van der Waals surface area contributed by atoms with Gasteiger partial charge in [-0.05, 0) is 42.4 Å². The Hall–Kier alpha value is -2.37. The normalized spacial score (nSPS) is 20.8. The van der Waals surface area contributed by atoms with Gasteiger partial charge >= 0.3 is 0 Å². The second-order valence-electron chi connectivity index (χ2n) is 7.54. The first-order valence-corrected chi connectivity index (χ1v) is 9.51. The summed E-state index contributed by atoms with van der Waals surface area (Å²) < 4.78 is 25.5. The number of hydrogen-bond acceptors (Lipinski definition) is 4. The smallest absolute Gasteiger partial charge is 0.169 e. The molecule has 27 heavy (non-hydrogen) atoms. The molecule has 5 rings (SSSR count). The highest BCUT2D eigenvalue weighted by atomic mass is 19.1. The highest BCUT2D eigenvalue weighted by Gasteiger charge is 2.28. The molecular weight excluding hydrogens is 343 g/mol. The van der Waals surface area contributed by atoms with Gasteiger partial charge in [-0.3, -0.25) is 0 Å². The molecule has 4 nitrogen and oxygen atoms in total. The van der Waals surface area contributed by atoms with Crippen molar-refractivity contribution in [2.75, 3.05) is 44.8 Å². The van der Waals surface area contributed by atoms with E-state index in [2.05, 4.69) is 35.0 Å². The Morgan fingerprint density at radius 3 is 2.74 bits per heavy atom. The lowest BCUT2D eigenvalue weighted by atomic mass is 9.87. The third-order valence-corrected chi connectivity index (χ3v) is 5.67. The molecule has 0 N–H and O–H groups in total. The van der Waals surface area contributed by atoms with Gasteiger partial charge in [0.05, 0.1) is 19.1 Å². The molecule has 5 heteroatoms. The zero-order valence-corrected chi connectivity index (χ0v) is 15.5. The third kappa shape index (κ3) is 3.01. The molecule has 2 aromatic carbocycles. The van der Waals surface area contributed by atoms with Crippen molar-refractivity contribution in [3.8, 4) is 0 Å². The average molecular weight is 366 g/mol. The largest absolute Gasteiger partial charge is 0.457 e. The van der Waals surface area contributed by atoms with E-state index in [0.29, 0.717) is 5.58 Å². The molecule has 3 aromatic rings. The van der Waals surface area contributed by atoms with E-state index in [-0.39, 0.29) is 11.7 Å². The fraction of sp³-hybridized carbons (Fsp3) is 0.364. The van der Waals surface area contributed by atoms with Gasteiger partial charge in [0.2, 0.25) is 0 Å². The van der Waals surface area contributed by atoms with Gasteiger partial charge in [-0.1, -0.05) is 18.2 Å². The maximum absolute atomic E-state index is 14.1. The van der Waals surface area contributed by atoms with Gasteiger partial charge in [-0.25, -0.2) is 4.39 Å². The van der Waals surface area contributed by atoms with Crippen LogP contribution in [0.15, 0.2) is 46.9 Å². The number of benzene rings is 2. The molecule has 1 fully saturated rings. The zero-order valence-electron chi connectivity index (χ0n) is 15.5. The van der Waals surface area contributed by atoms with Crippen molar-refractivity contribution < 1.29 is 13.5 Å². The monoisotopic (exact) mass is 366 g/mol. The molecule has 2 aliphatic heterocycles. The number of anilines is 1. The lowest BCUT2D eigenvalue weighted by Crippen LogP contribution is -2.36. The fourth-order valence-electron chi connectivity index (χ4n) is 4.32. The third-order valence-electron chi connectivity index (χ3n) is 5.67. The first kappa shape index (κ1) is 16.8. The lowest BCUT2D eigenvalue weighted by Gasteiger charge is -2.34. The molecule has 3 heterocycles. The highest BCUT2D eigenvalue weighted by Crippen LogP contribution is 2.37. The summed E-state index contributed by atoms with van der Waals surface area (Å²) in [7, 11) is 2.13. The Morgan fingerprint density at radius 1 is 1.07 bits per heavy atom. The van der Waals surface area contributed by atoms with E-state index in [1.54, 1.807) is 6.07 Å². The quantitative estimate of drug-likeness (QED) is 0.686. The first-order chi connectivity index (χ1) is 13.2. The zero-order chi connectivity index (χ0) is 18.4. The van der Waals surface area contributed by atoms with Gasteiger partial charge in [0.25, 0.3) is 0 Å². The van der Waals surface area contributed by atoms with Crippen LogP contribution in [0.5, 0.6) is 0 Å². The van der Waals surface area contributed by atoms with E-state index in [0.717, 1.165) is 50.5 Å². The molecule has 1 unspecified atom stereocenters. The van der Waals surface area contributed by atoms with Gasteiger partial charge in [0.1, 0.15) is 5.76 Å². The van der Waals surface area contributed by atoms with E-state index in [4.69, 9.17) is 9.15 Å². The summed E-state index contributed by atoms with van der Waals surface area (Å²) in [5.41, 5.74) is 4.21. The van der Waals surface area contributed by atoms with Crippen molar-refractivity contribution in [1.82, 2.24) is 4.90 Å². The Balaban J connectivity index is 1.54. The highest BCUT2D eigenvalue weighted by molar-refractivity contribution is 5.78. The van der Waals surface area contributed by atoms with Crippen molar-refractivity contribution in [3.05, 3.63) is 65.2 Å². The molecule has 0 radical (unpaired) electrons. The number of fused-ring (bicyclic) bond motifs is 2.